The zero-order valence-corrected chi connectivity index (χ0v) is 14.6. The Morgan fingerprint density at radius 1 is 1.29 bits per heavy atom. The second-order valence-electron chi connectivity index (χ2n) is 6.38. The van der Waals surface area contributed by atoms with Crippen LogP contribution in [0.5, 0.6) is 11.5 Å². The summed E-state index contributed by atoms with van der Waals surface area (Å²) in [6.45, 7) is 4.23. The quantitative estimate of drug-likeness (QED) is 0.697. The van der Waals surface area contributed by atoms with E-state index in [2.05, 4.69) is 21.9 Å². The second-order valence-corrected chi connectivity index (χ2v) is 6.38. The zero-order valence-electron chi connectivity index (χ0n) is 14.6. The van der Waals surface area contributed by atoms with Crippen molar-refractivity contribution in [3.05, 3.63) is 23.8 Å². The first kappa shape index (κ1) is 18.9. The van der Waals surface area contributed by atoms with Gasteiger partial charge in [-0.25, -0.2) is 0 Å². The summed E-state index contributed by atoms with van der Waals surface area (Å²) in [5.74, 6) is 1.30. The van der Waals surface area contributed by atoms with Gasteiger partial charge < -0.3 is 19.7 Å². The molecule has 0 spiro atoms. The van der Waals surface area contributed by atoms with Gasteiger partial charge in [0.1, 0.15) is 0 Å². The number of alkyl halides is 2. The van der Waals surface area contributed by atoms with Crippen molar-refractivity contribution in [1.29, 1.82) is 0 Å². The Labute approximate surface area is 143 Å². The van der Waals surface area contributed by atoms with Gasteiger partial charge in [-0.15, -0.1) is 0 Å². The van der Waals surface area contributed by atoms with Gasteiger partial charge in [0.05, 0.1) is 7.11 Å². The predicted octanol–water partition coefficient (Wildman–Crippen LogP) is 3.51. The molecule has 1 aromatic rings. The lowest BCUT2D eigenvalue weighted by atomic mass is 9.99. The molecule has 0 aromatic heterocycles. The van der Waals surface area contributed by atoms with Crippen molar-refractivity contribution in [2.24, 2.45) is 5.92 Å². The fraction of sp³-hybridized carbons (Fsp3) is 0.667. The molecule has 4 nitrogen and oxygen atoms in total. The SMILES string of the molecule is COc1cccc(CNCCCN2CCC(C)CC2)c1OC(F)F. The fourth-order valence-electron chi connectivity index (χ4n) is 3.02. The monoisotopic (exact) mass is 342 g/mol. The van der Waals surface area contributed by atoms with E-state index in [0.717, 1.165) is 25.4 Å². The van der Waals surface area contributed by atoms with Crippen LogP contribution in [-0.4, -0.2) is 44.8 Å². The Kier molecular flexibility index (Phi) is 7.72. The van der Waals surface area contributed by atoms with Gasteiger partial charge in [0.25, 0.3) is 0 Å². The third-order valence-electron chi connectivity index (χ3n) is 4.51. The van der Waals surface area contributed by atoms with E-state index < -0.39 is 6.61 Å². The topological polar surface area (TPSA) is 33.7 Å². The van der Waals surface area contributed by atoms with Crippen molar-refractivity contribution in [3.8, 4) is 11.5 Å². The first-order valence-corrected chi connectivity index (χ1v) is 8.64. The van der Waals surface area contributed by atoms with Crippen molar-refractivity contribution in [1.82, 2.24) is 10.2 Å². The van der Waals surface area contributed by atoms with Crippen LogP contribution in [0.25, 0.3) is 0 Å². The molecule has 1 fully saturated rings. The second kappa shape index (κ2) is 9.79. The molecule has 0 saturated carbocycles. The number of halogens is 2. The molecule has 1 saturated heterocycles. The Bertz CT molecular complexity index is 492. The summed E-state index contributed by atoms with van der Waals surface area (Å²) in [5.41, 5.74) is 0.682. The number of benzene rings is 1. The number of nitrogens with one attached hydrogen (secondary N) is 1. The molecule has 1 aliphatic heterocycles. The molecule has 0 amide bonds. The van der Waals surface area contributed by atoms with Gasteiger partial charge in [-0.1, -0.05) is 19.1 Å². The molecule has 1 N–H and O–H groups in total. The minimum absolute atomic E-state index is 0.118. The van der Waals surface area contributed by atoms with E-state index in [4.69, 9.17) is 4.74 Å². The first-order valence-electron chi connectivity index (χ1n) is 8.64. The third-order valence-corrected chi connectivity index (χ3v) is 4.51. The number of ether oxygens (including phenoxy) is 2. The number of nitrogens with zero attached hydrogens (tertiary/aromatic N) is 1. The molecule has 2 rings (SSSR count). The highest BCUT2D eigenvalue weighted by Gasteiger charge is 2.16. The highest BCUT2D eigenvalue weighted by Crippen LogP contribution is 2.32. The molecule has 0 bridgehead atoms. The summed E-state index contributed by atoms with van der Waals surface area (Å²) >= 11 is 0. The number of hydrogen-bond donors (Lipinski definition) is 1. The lowest BCUT2D eigenvalue weighted by molar-refractivity contribution is -0.0518. The average Bonchev–Trinajstić information content (AvgIpc) is 2.57. The smallest absolute Gasteiger partial charge is 0.387 e. The maximum Gasteiger partial charge on any atom is 0.387 e. The van der Waals surface area contributed by atoms with E-state index in [1.165, 1.54) is 33.0 Å². The molecule has 1 heterocycles. The van der Waals surface area contributed by atoms with Crippen LogP contribution in [0.2, 0.25) is 0 Å². The molecule has 136 valence electrons. The minimum Gasteiger partial charge on any atom is -0.493 e. The predicted molar refractivity (Wildman–Crippen MR) is 90.8 cm³/mol. The molecular formula is C18H28F2N2O2. The van der Waals surface area contributed by atoms with E-state index in [1.54, 1.807) is 18.2 Å². The van der Waals surface area contributed by atoms with Gasteiger partial charge >= 0.3 is 6.61 Å². The van der Waals surface area contributed by atoms with Crippen molar-refractivity contribution >= 4 is 0 Å². The number of piperidine rings is 1. The van der Waals surface area contributed by atoms with Crippen molar-refractivity contribution in [3.63, 3.8) is 0 Å². The Balaban J connectivity index is 1.75. The number of methoxy groups -OCH3 is 1. The van der Waals surface area contributed by atoms with Crippen LogP contribution in [0.15, 0.2) is 18.2 Å². The Morgan fingerprint density at radius 3 is 2.71 bits per heavy atom. The zero-order chi connectivity index (χ0) is 17.4. The van der Waals surface area contributed by atoms with Crippen molar-refractivity contribution in [2.75, 3.05) is 33.3 Å². The Morgan fingerprint density at radius 2 is 2.04 bits per heavy atom. The molecule has 0 radical (unpaired) electrons. The lowest BCUT2D eigenvalue weighted by Crippen LogP contribution is -2.34. The van der Waals surface area contributed by atoms with Crippen LogP contribution >= 0.6 is 0 Å². The summed E-state index contributed by atoms with van der Waals surface area (Å²) in [6, 6.07) is 5.18. The van der Waals surface area contributed by atoms with Gasteiger partial charge in [0, 0.05) is 12.1 Å². The van der Waals surface area contributed by atoms with Crippen LogP contribution in [0.1, 0.15) is 31.7 Å². The average molecular weight is 342 g/mol. The van der Waals surface area contributed by atoms with Gasteiger partial charge in [0.15, 0.2) is 11.5 Å². The first-order chi connectivity index (χ1) is 11.6. The van der Waals surface area contributed by atoms with Gasteiger partial charge in [0.2, 0.25) is 0 Å². The molecule has 0 unspecified atom stereocenters. The number of hydrogen-bond acceptors (Lipinski definition) is 4. The number of rotatable bonds is 9. The maximum absolute atomic E-state index is 12.6. The van der Waals surface area contributed by atoms with Crippen LogP contribution in [-0.2, 0) is 6.54 Å². The minimum atomic E-state index is -2.86. The van der Waals surface area contributed by atoms with E-state index >= 15 is 0 Å². The maximum atomic E-state index is 12.6. The third kappa shape index (κ3) is 5.91. The highest BCUT2D eigenvalue weighted by atomic mass is 19.3. The van der Waals surface area contributed by atoms with Gasteiger partial charge in [-0.3, -0.25) is 0 Å². The van der Waals surface area contributed by atoms with Crippen LogP contribution in [0.4, 0.5) is 8.78 Å². The van der Waals surface area contributed by atoms with E-state index in [9.17, 15) is 8.78 Å². The van der Waals surface area contributed by atoms with Crippen molar-refractivity contribution in [2.45, 2.75) is 39.3 Å². The van der Waals surface area contributed by atoms with Gasteiger partial charge in [-0.05, 0) is 57.4 Å². The van der Waals surface area contributed by atoms with Crippen LogP contribution in [0.3, 0.4) is 0 Å². The van der Waals surface area contributed by atoms with Crippen LogP contribution < -0.4 is 14.8 Å². The van der Waals surface area contributed by atoms with E-state index in [-0.39, 0.29) is 5.75 Å². The van der Waals surface area contributed by atoms with Crippen molar-refractivity contribution < 1.29 is 18.3 Å². The summed E-state index contributed by atoms with van der Waals surface area (Å²) in [7, 11) is 1.45. The summed E-state index contributed by atoms with van der Waals surface area (Å²) in [5, 5.41) is 3.31. The largest absolute Gasteiger partial charge is 0.493 e. The summed E-state index contributed by atoms with van der Waals surface area (Å²) in [6.07, 6.45) is 3.61. The number of para-hydroxylation sites is 1. The molecule has 0 aliphatic carbocycles. The fourth-order valence-corrected chi connectivity index (χ4v) is 3.02. The van der Waals surface area contributed by atoms with Crippen LogP contribution in [0, 0.1) is 5.92 Å². The molecule has 1 aromatic carbocycles. The van der Waals surface area contributed by atoms with E-state index in [1.807, 2.05) is 0 Å². The molecule has 0 atom stereocenters. The van der Waals surface area contributed by atoms with E-state index in [0.29, 0.717) is 17.9 Å². The Hall–Kier alpha value is -1.40. The summed E-state index contributed by atoms with van der Waals surface area (Å²) < 4.78 is 34.9. The molecular weight excluding hydrogens is 314 g/mol. The highest BCUT2D eigenvalue weighted by molar-refractivity contribution is 5.46. The summed E-state index contributed by atoms with van der Waals surface area (Å²) in [4.78, 5) is 2.50. The standard InChI is InChI=1S/C18H28F2N2O2/c1-14-7-11-22(12-8-14)10-4-9-21-13-15-5-3-6-16(23-2)17(15)24-18(19)20/h3,5-6,14,18,21H,4,7-13H2,1-2H3. The molecule has 1 aliphatic rings. The normalized spacial score (nSPS) is 16.5. The molecule has 24 heavy (non-hydrogen) atoms. The van der Waals surface area contributed by atoms with Gasteiger partial charge in [-0.2, -0.15) is 8.78 Å². The number of likely N-dealkylation sites (tertiary alicyclic amines) is 1. The lowest BCUT2D eigenvalue weighted by Gasteiger charge is -2.30. The molecule has 6 heteroatoms.